The summed E-state index contributed by atoms with van der Waals surface area (Å²) in [5.41, 5.74) is 0.0599. The quantitative estimate of drug-likeness (QED) is 0.755. The molecule has 13 heavy (non-hydrogen) atoms. The molecule has 1 aromatic rings. The van der Waals surface area contributed by atoms with Crippen molar-refractivity contribution < 1.29 is 0 Å². The average Bonchev–Trinajstić information content (AvgIpc) is 2.72. The first kappa shape index (κ1) is 8.53. The fraction of sp³-hybridized carbons (Fsp3) is 0.778. The van der Waals surface area contributed by atoms with Crippen molar-refractivity contribution in [3.05, 3.63) is 6.20 Å². The molecule has 1 aromatic heterocycles. The summed E-state index contributed by atoms with van der Waals surface area (Å²) in [4.78, 5) is 0. The molecule has 2 rings (SSSR count). The molecule has 1 aliphatic rings. The van der Waals surface area contributed by atoms with Crippen LogP contribution in [0.4, 0.5) is 5.82 Å². The summed E-state index contributed by atoms with van der Waals surface area (Å²) in [7, 11) is 0. The van der Waals surface area contributed by atoms with Crippen molar-refractivity contribution in [2.45, 2.75) is 45.2 Å². The van der Waals surface area contributed by atoms with E-state index in [0.717, 1.165) is 5.82 Å². The van der Waals surface area contributed by atoms with Gasteiger partial charge in [0.15, 0.2) is 5.82 Å². The Hall–Kier alpha value is -1.06. The van der Waals surface area contributed by atoms with E-state index in [4.69, 9.17) is 0 Å². The van der Waals surface area contributed by atoms with Crippen molar-refractivity contribution in [3.8, 4) is 0 Å². The molecule has 1 heterocycles. The normalized spacial score (nSPS) is 17.5. The van der Waals surface area contributed by atoms with Crippen molar-refractivity contribution in [1.29, 1.82) is 0 Å². The lowest BCUT2D eigenvalue weighted by Crippen LogP contribution is -2.26. The van der Waals surface area contributed by atoms with Gasteiger partial charge in [0, 0.05) is 5.54 Å². The molecule has 0 unspecified atom stereocenters. The minimum absolute atomic E-state index is 0.0599. The van der Waals surface area contributed by atoms with Crippen LogP contribution in [0.2, 0.25) is 0 Å². The smallest absolute Gasteiger partial charge is 0.168 e. The molecule has 4 heteroatoms. The van der Waals surface area contributed by atoms with Gasteiger partial charge in [0.05, 0.1) is 12.2 Å². The Morgan fingerprint density at radius 1 is 1.46 bits per heavy atom. The minimum atomic E-state index is 0.0599. The predicted molar refractivity (Wildman–Crippen MR) is 51.7 cm³/mol. The molecule has 72 valence electrons. The van der Waals surface area contributed by atoms with E-state index in [1.807, 2.05) is 10.9 Å². The number of rotatable bonds is 2. The van der Waals surface area contributed by atoms with Crippen LogP contribution in [0.3, 0.4) is 0 Å². The maximum atomic E-state index is 4.07. The van der Waals surface area contributed by atoms with E-state index >= 15 is 0 Å². The Balaban J connectivity index is 2.04. The molecular formula is C9H16N4. The van der Waals surface area contributed by atoms with Gasteiger partial charge in [-0.2, -0.15) is 0 Å². The highest BCUT2D eigenvalue weighted by molar-refractivity contribution is 5.32. The standard InChI is InChI=1S/C9H16N4/c1-9(2,3)10-8-6-13(12-11-8)7-4-5-7/h6-7,10H,4-5H2,1-3H3. The maximum absolute atomic E-state index is 4.07. The van der Waals surface area contributed by atoms with Crippen LogP contribution in [0.25, 0.3) is 0 Å². The highest BCUT2D eigenvalue weighted by atomic mass is 15.5. The van der Waals surface area contributed by atoms with Crippen molar-refractivity contribution in [3.63, 3.8) is 0 Å². The van der Waals surface area contributed by atoms with E-state index in [1.54, 1.807) is 0 Å². The van der Waals surface area contributed by atoms with Crippen molar-refractivity contribution >= 4 is 5.82 Å². The van der Waals surface area contributed by atoms with Crippen LogP contribution in [0.1, 0.15) is 39.7 Å². The summed E-state index contributed by atoms with van der Waals surface area (Å²) >= 11 is 0. The second kappa shape index (κ2) is 2.72. The summed E-state index contributed by atoms with van der Waals surface area (Å²) in [5, 5.41) is 11.4. The number of hydrogen-bond acceptors (Lipinski definition) is 3. The van der Waals surface area contributed by atoms with Crippen LogP contribution in [0, 0.1) is 0 Å². The van der Waals surface area contributed by atoms with Gasteiger partial charge in [-0.05, 0) is 33.6 Å². The molecule has 1 N–H and O–H groups in total. The van der Waals surface area contributed by atoms with Crippen LogP contribution in [0.5, 0.6) is 0 Å². The lowest BCUT2D eigenvalue weighted by molar-refractivity contribution is 0.610. The maximum Gasteiger partial charge on any atom is 0.168 e. The third-order valence-corrected chi connectivity index (χ3v) is 1.93. The molecule has 0 atom stereocenters. The lowest BCUT2D eigenvalue weighted by atomic mass is 10.1. The monoisotopic (exact) mass is 180 g/mol. The zero-order chi connectivity index (χ0) is 9.47. The number of nitrogens with one attached hydrogen (secondary N) is 1. The third-order valence-electron chi connectivity index (χ3n) is 1.93. The van der Waals surface area contributed by atoms with Crippen molar-refractivity contribution in [1.82, 2.24) is 15.0 Å². The molecule has 0 amide bonds. The van der Waals surface area contributed by atoms with E-state index in [-0.39, 0.29) is 5.54 Å². The molecule has 1 fully saturated rings. The van der Waals surface area contributed by atoms with Crippen molar-refractivity contribution in [2.24, 2.45) is 0 Å². The Bertz CT molecular complexity index is 293. The topological polar surface area (TPSA) is 42.7 Å². The second-order valence-electron chi connectivity index (χ2n) is 4.69. The highest BCUT2D eigenvalue weighted by Gasteiger charge is 2.25. The summed E-state index contributed by atoms with van der Waals surface area (Å²) in [6.45, 7) is 6.34. The fourth-order valence-electron chi connectivity index (χ4n) is 1.24. The van der Waals surface area contributed by atoms with Crippen LogP contribution < -0.4 is 5.32 Å². The Labute approximate surface area is 78.3 Å². The summed E-state index contributed by atoms with van der Waals surface area (Å²) in [6.07, 6.45) is 4.49. The Morgan fingerprint density at radius 3 is 2.69 bits per heavy atom. The number of nitrogens with zero attached hydrogens (tertiary/aromatic N) is 3. The lowest BCUT2D eigenvalue weighted by Gasteiger charge is -2.19. The van der Waals surface area contributed by atoms with E-state index in [2.05, 4.69) is 36.4 Å². The molecule has 0 radical (unpaired) electrons. The fourth-order valence-corrected chi connectivity index (χ4v) is 1.24. The Kier molecular flexibility index (Phi) is 1.78. The SMILES string of the molecule is CC(C)(C)Nc1cn(C2CC2)nn1. The second-order valence-corrected chi connectivity index (χ2v) is 4.69. The number of anilines is 1. The average molecular weight is 180 g/mol. The zero-order valence-corrected chi connectivity index (χ0v) is 8.41. The van der Waals surface area contributed by atoms with E-state index in [0.29, 0.717) is 6.04 Å². The molecule has 0 aliphatic heterocycles. The van der Waals surface area contributed by atoms with Crippen LogP contribution in [0.15, 0.2) is 6.20 Å². The van der Waals surface area contributed by atoms with Gasteiger partial charge in [0.1, 0.15) is 0 Å². The van der Waals surface area contributed by atoms with Gasteiger partial charge in [0.2, 0.25) is 0 Å². The third kappa shape index (κ3) is 2.20. The van der Waals surface area contributed by atoms with Gasteiger partial charge in [-0.1, -0.05) is 5.21 Å². The zero-order valence-electron chi connectivity index (χ0n) is 8.41. The highest BCUT2D eigenvalue weighted by Crippen LogP contribution is 2.34. The molecule has 0 aromatic carbocycles. The molecule has 4 nitrogen and oxygen atoms in total. The number of aromatic nitrogens is 3. The summed E-state index contributed by atoms with van der Waals surface area (Å²) < 4.78 is 1.95. The predicted octanol–water partition coefficient (Wildman–Crippen LogP) is 1.82. The van der Waals surface area contributed by atoms with Gasteiger partial charge in [0.25, 0.3) is 0 Å². The van der Waals surface area contributed by atoms with Gasteiger partial charge in [-0.15, -0.1) is 5.10 Å². The summed E-state index contributed by atoms with van der Waals surface area (Å²) in [6, 6.07) is 0.614. The van der Waals surface area contributed by atoms with E-state index in [9.17, 15) is 0 Å². The largest absolute Gasteiger partial charge is 0.363 e. The first-order valence-corrected chi connectivity index (χ1v) is 4.75. The van der Waals surface area contributed by atoms with E-state index < -0.39 is 0 Å². The van der Waals surface area contributed by atoms with Gasteiger partial charge in [-0.3, -0.25) is 0 Å². The van der Waals surface area contributed by atoms with Crippen LogP contribution >= 0.6 is 0 Å². The first-order chi connectivity index (χ1) is 6.04. The van der Waals surface area contributed by atoms with Crippen LogP contribution in [-0.2, 0) is 0 Å². The van der Waals surface area contributed by atoms with Crippen molar-refractivity contribution in [2.75, 3.05) is 5.32 Å². The van der Waals surface area contributed by atoms with Gasteiger partial charge < -0.3 is 5.32 Å². The van der Waals surface area contributed by atoms with Gasteiger partial charge in [-0.25, -0.2) is 4.68 Å². The first-order valence-electron chi connectivity index (χ1n) is 4.75. The Morgan fingerprint density at radius 2 is 2.15 bits per heavy atom. The van der Waals surface area contributed by atoms with Crippen LogP contribution in [-0.4, -0.2) is 20.5 Å². The molecule has 0 spiro atoms. The molecule has 1 saturated carbocycles. The minimum Gasteiger partial charge on any atom is -0.363 e. The van der Waals surface area contributed by atoms with E-state index in [1.165, 1.54) is 12.8 Å². The van der Waals surface area contributed by atoms with Gasteiger partial charge >= 0.3 is 0 Å². The molecule has 0 saturated heterocycles. The molecule has 1 aliphatic carbocycles. The molecular weight excluding hydrogens is 164 g/mol. The molecule has 0 bridgehead atoms. The number of hydrogen-bond donors (Lipinski definition) is 1. The summed E-state index contributed by atoms with van der Waals surface area (Å²) in [5.74, 6) is 0.874.